The lowest BCUT2D eigenvalue weighted by atomic mass is 9.42. The zero-order chi connectivity index (χ0) is 14.8. The lowest BCUT2D eigenvalue weighted by molar-refractivity contribution is -0.310. The third-order valence-electron chi connectivity index (χ3n) is 6.36. The number of aromatic nitrogens is 2. The molecule has 2 atom stereocenters. The van der Waals surface area contributed by atoms with Gasteiger partial charge in [0.2, 0.25) is 0 Å². The Morgan fingerprint density at radius 2 is 1.95 bits per heavy atom. The SMILES string of the molecule is Cc1n[nH]c(C)c1C12CC3CC(CC(CC(=O)[O-])(C3)C1)C2. The van der Waals surface area contributed by atoms with Crippen LogP contribution >= 0.6 is 0 Å². The number of aliphatic carboxylic acids is 1. The Bertz CT molecular complexity index is 570. The van der Waals surface area contributed by atoms with Gasteiger partial charge in [-0.15, -0.1) is 0 Å². The Balaban J connectivity index is 1.79. The number of carboxylic acid groups (broad SMARTS) is 1. The van der Waals surface area contributed by atoms with Crippen molar-refractivity contribution in [2.45, 2.75) is 64.2 Å². The van der Waals surface area contributed by atoms with Crippen molar-refractivity contribution in [2.75, 3.05) is 0 Å². The molecule has 4 heteroatoms. The van der Waals surface area contributed by atoms with Crippen molar-refractivity contribution in [3.63, 3.8) is 0 Å². The lowest BCUT2D eigenvalue weighted by Crippen LogP contribution is -2.55. The van der Waals surface area contributed by atoms with Crippen molar-refractivity contribution >= 4 is 5.97 Å². The molecule has 1 aromatic rings. The van der Waals surface area contributed by atoms with E-state index in [4.69, 9.17) is 0 Å². The van der Waals surface area contributed by atoms with Crippen LogP contribution in [0.15, 0.2) is 0 Å². The molecule has 4 fully saturated rings. The second kappa shape index (κ2) is 4.11. The van der Waals surface area contributed by atoms with Gasteiger partial charge in [-0.1, -0.05) is 0 Å². The first-order valence-electron chi connectivity index (χ1n) is 8.13. The monoisotopic (exact) mass is 287 g/mol. The first-order valence-corrected chi connectivity index (χ1v) is 8.13. The average Bonchev–Trinajstić information content (AvgIpc) is 2.65. The molecule has 4 aliphatic carbocycles. The predicted molar refractivity (Wildman–Crippen MR) is 76.5 cm³/mol. The Hall–Kier alpha value is -1.32. The minimum Gasteiger partial charge on any atom is -0.550 e. The minimum atomic E-state index is -0.868. The third kappa shape index (κ3) is 1.87. The molecule has 0 spiro atoms. The minimum absolute atomic E-state index is 0.0148. The first kappa shape index (κ1) is 13.4. The molecule has 0 amide bonds. The highest BCUT2D eigenvalue weighted by Crippen LogP contribution is 2.67. The van der Waals surface area contributed by atoms with Crippen molar-refractivity contribution in [3.8, 4) is 0 Å². The fourth-order valence-corrected chi connectivity index (χ4v) is 6.59. The van der Waals surface area contributed by atoms with E-state index < -0.39 is 5.97 Å². The Kier molecular flexibility index (Phi) is 2.61. The summed E-state index contributed by atoms with van der Waals surface area (Å²) in [7, 11) is 0. The van der Waals surface area contributed by atoms with Crippen molar-refractivity contribution in [3.05, 3.63) is 17.0 Å². The van der Waals surface area contributed by atoms with E-state index >= 15 is 0 Å². The number of rotatable bonds is 3. The summed E-state index contributed by atoms with van der Waals surface area (Å²) in [4.78, 5) is 11.3. The van der Waals surface area contributed by atoms with Gasteiger partial charge in [-0.3, -0.25) is 5.10 Å². The number of aryl methyl sites for hydroxylation is 2. The average molecular weight is 287 g/mol. The predicted octanol–water partition coefficient (Wildman–Crippen LogP) is 2.00. The zero-order valence-corrected chi connectivity index (χ0v) is 12.9. The smallest absolute Gasteiger partial charge is 0.0631 e. The number of nitrogens with one attached hydrogen (secondary N) is 1. The maximum absolute atomic E-state index is 11.3. The van der Waals surface area contributed by atoms with Gasteiger partial charge in [0.05, 0.1) is 5.69 Å². The van der Waals surface area contributed by atoms with E-state index in [1.54, 1.807) is 0 Å². The van der Waals surface area contributed by atoms with Crippen LogP contribution in [-0.2, 0) is 10.2 Å². The molecule has 5 rings (SSSR count). The number of aromatic amines is 1. The molecule has 0 aliphatic heterocycles. The molecule has 0 saturated heterocycles. The van der Waals surface area contributed by atoms with Crippen molar-refractivity contribution in [1.82, 2.24) is 10.2 Å². The van der Waals surface area contributed by atoms with Gasteiger partial charge in [0.15, 0.2) is 0 Å². The maximum atomic E-state index is 11.3. The summed E-state index contributed by atoms with van der Waals surface area (Å²) in [5.74, 6) is 0.520. The molecule has 0 radical (unpaired) electrons. The Morgan fingerprint density at radius 3 is 2.48 bits per heavy atom. The molecule has 1 aromatic heterocycles. The van der Waals surface area contributed by atoms with Crippen LogP contribution in [0, 0.1) is 31.1 Å². The largest absolute Gasteiger partial charge is 0.550 e. The summed E-state index contributed by atoms with van der Waals surface area (Å²) >= 11 is 0. The van der Waals surface area contributed by atoms with Crippen LogP contribution in [-0.4, -0.2) is 16.2 Å². The number of carbonyl (C=O) groups excluding carboxylic acids is 1. The molecule has 2 unspecified atom stereocenters. The fourth-order valence-electron chi connectivity index (χ4n) is 6.59. The summed E-state index contributed by atoms with van der Waals surface area (Å²) in [5.41, 5.74) is 3.83. The standard InChI is InChI=1S/C17H24N2O2/c1-10-15(11(2)19-18-10)17-6-12-3-13(7-17)5-16(4-12,9-17)8-14(20)21/h12-13H,3-9H2,1-2H3,(H,18,19)(H,20,21)/p-1. The van der Waals surface area contributed by atoms with Gasteiger partial charge in [0.1, 0.15) is 0 Å². The summed E-state index contributed by atoms with van der Waals surface area (Å²) in [6.45, 7) is 4.20. The van der Waals surface area contributed by atoms with Crippen molar-refractivity contribution in [1.29, 1.82) is 0 Å². The molecule has 114 valence electrons. The van der Waals surface area contributed by atoms with Crippen LogP contribution in [0.2, 0.25) is 0 Å². The van der Waals surface area contributed by atoms with Gasteiger partial charge in [0, 0.05) is 17.2 Å². The Labute approximate surface area is 125 Å². The van der Waals surface area contributed by atoms with Gasteiger partial charge in [-0.2, -0.15) is 5.10 Å². The number of carbonyl (C=O) groups is 1. The van der Waals surface area contributed by atoms with Crippen LogP contribution in [0.5, 0.6) is 0 Å². The van der Waals surface area contributed by atoms with Crippen LogP contribution in [0.3, 0.4) is 0 Å². The quantitative estimate of drug-likeness (QED) is 0.924. The molecule has 1 heterocycles. The number of H-pyrrole nitrogens is 1. The summed E-state index contributed by atoms with van der Waals surface area (Å²) in [6, 6.07) is 0. The van der Waals surface area contributed by atoms with Gasteiger partial charge in [-0.25, -0.2) is 0 Å². The van der Waals surface area contributed by atoms with E-state index in [1.165, 1.54) is 30.5 Å². The highest BCUT2D eigenvalue weighted by molar-refractivity contribution is 5.65. The molecule has 4 aliphatic rings. The first-order chi connectivity index (χ1) is 9.91. The molecule has 4 saturated carbocycles. The van der Waals surface area contributed by atoms with E-state index in [9.17, 15) is 9.90 Å². The van der Waals surface area contributed by atoms with E-state index in [1.807, 2.05) is 0 Å². The van der Waals surface area contributed by atoms with Crippen LogP contribution in [0.4, 0.5) is 0 Å². The number of carboxylic acids is 1. The second-order valence-corrected chi connectivity index (χ2v) is 8.10. The molecular formula is C17H23N2O2-. The summed E-state index contributed by atoms with van der Waals surface area (Å²) in [5, 5.41) is 18.8. The van der Waals surface area contributed by atoms with E-state index in [0.717, 1.165) is 25.0 Å². The van der Waals surface area contributed by atoms with Crippen LogP contribution in [0.1, 0.15) is 61.9 Å². The molecule has 0 aromatic carbocycles. The normalized spacial score (nSPS) is 40.7. The molecular weight excluding hydrogens is 264 g/mol. The molecule has 4 bridgehead atoms. The number of hydrogen-bond donors (Lipinski definition) is 1. The summed E-state index contributed by atoms with van der Waals surface area (Å²) < 4.78 is 0. The van der Waals surface area contributed by atoms with Crippen molar-refractivity contribution < 1.29 is 9.90 Å². The van der Waals surface area contributed by atoms with Gasteiger partial charge in [0.25, 0.3) is 0 Å². The third-order valence-corrected chi connectivity index (χ3v) is 6.36. The molecule has 1 N–H and O–H groups in total. The van der Waals surface area contributed by atoms with Crippen LogP contribution in [0.25, 0.3) is 0 Å². The highest BCUT2D eigenvalue weighted by atomic mass is 16.4. The number of hydrogen-bond acceptors (Lipinski definition) is 3. The van der Waals surface area contributed by atoms with E-state index in [-0.39, 0.29) is 17.3 Å². The van der Waals surface area contributed by atoms with E-state index in [0.29, 0.717) is 11.8 Å². The van der Waals surface area contributed by atoms with Crippen LogP contribution < -0.4 is 5.11 Å². The zero-order valence-electron chi connectivity index (χ0n) is 12.9. The van der Waals surface area contributed by atoms with Crippen molar-refractivity contribution in [2.24, 2.45) is 17.3 Å². The fraction of sp³-hybridized carbons (Fsp3) is 0.765. The van der Waals surface area contributed by atoms with Gasteiger partial charge < -0.3 is 9.90 Å². The van der Waals surface area contributed by atoms with Gasteiger partial charge >= 0.3 is 0 Å². The number of nitrogens with zero attached hydrogens (tertiary/aromatic N) is 1. The molecule has 21 heavy (non-hydrogen) atoms. The van der Waals surface area contributed by atoms with Gasteiger partial charge in [-0.05, 0) is 81.5 Å². The highest BCUT2D eigenvalue weighted by Gasteiger charge is 2.58. The second-order valence-electron chi connectivity index (χ2n) is 8.10. The topological polar surface area (TPSA) is 68.8 Å². The maximum Gasteiger partial charge on any atom is 0.0631 e. The lowest BCUT2D eigenvalue weighted by Gasteiger charge is -2.62. The van der Waals surface area contributed by atoms with E-state index in [2.05, 4.69) is 24.0 Å². The molecule has 4 nitrogen and oxygen atoms in total. The Morgan fingerprint density at radius 1 is 1.29 bits per heavy atom. The summed E-state index contributed by atoms with van der Waals surface area (Å²) in [6.07, 6.45) is 7.19.